The standard InChI is InChI=1S/C14H20FNO2S/c1-14(2)9-7-11(8-10-14)16-19(17,18)13-6-4-3-5-12(13)15/h3-6,11,16H,7-10H2,1-2H3. The van der Waals surface area contributed by atoms with E-state index in [1.54, 1.807) is 0 Å². The van der Waals surface area contributed by atoms with Gasteiger partial charge in [-0.1, -0.05) is 26.0 Å². The van der Waals surface area contributed by atoms with E-state index < -0.39 is 15.8 Å². The van der Waals surface area contributed by atoms with Crippen molar-refractivity contribution in [3.05, 3.63) is 30.1 Å². The summed E-state index contributed by atoms with van der Waals surface area (Å²) >= 11 is 0. The van der Waals surface area contributed by atoms with E-state index in [4.69, 9.17) is 0 Å². The Balaban J connectivity index is 2.09. The van der Waals surface area contributed by atoms with Gasteiger partial charge in [0.05, 0.1) is 0 Å². The smallest absolute Gasteiger partial charge is 0.208 e. The molecule has 5 heteroatoms. The molecule has 0 radical (unpaired) electrons. The Morgan fingerprint density at radius 3 is 2.37 bits per heavy atom. The van der Waals surface area contributed by atoms with E-state index in [1.165, 1.54) is 24.3 Å². The summed E-state index contributed by atoms with van der Waals surface area (Å²) in [5.74, 6) is -0.703. The monoisotopic (exact) mass is 285 g/mol. The van der Waals surface area contributed by atoms with Crippen molar-refractivity contribution in [2.24, 2.45) is 5.41 Å². The van der Waals surface area contributed by atoms with Crippen LogP contribution in [0.4, 0.5) is 4.39 Å². The van der Waals surface area contributed by atoms with Gasteiger partial charge in [0, 0.05) is 6.04 Å². The minimum atomic E-state index is -3.75. The van der Waals surface area contributed by atoms with Crippen LogP contribution in [0.3, 0.4) is 0 Å². The summed E-state index contributed by atoms with van der Waals surface area (Å²) < 4.78 is 40.4. The number of rotatable bonds is 3. The van der Waals surface area contributed by atoms with E-state index in [0.717, 1.165) is 25.7 Å². The summed E-state index contributed by atoms with van der Waals surface area (Å²) in [5.41, 5.74) is 0.278. The highest BCUT2D eigenvalue weighted by Crippen LogP contribution is 2.35. The van der Waals surface area contributed by atoms with Crippen LogP contribution in [-0.2, 0) is 10.0 Å². The Hall–Kier alpha value is -0.940. The second-order valence-electron chi connectivity index (χ2n) is 5.99. The summed E-state index contributed by atoms with van der Waals surface area (Å²) in [6.45, 7) is 4.38. The van der Waals surface area contributed by atoms with Crippen LogP contribution < -0.4 is 4.72 Å². The fourth-order valence-electron chi connectivity index (χ4n) is 2.46. The van der Waals surface area contributed by atoms with Gasteiger partial charge in [-0.05, 0) is 43.2 Å². The SMILES string of the molecule is CC1(C)CCC(NS(=O)(=O)c2ccccc2F)CC1. The van der Waals surface area contributed by atoms with Gasteiger partial charge in [0.15, 0.2) is 0 Å². The quantitative estimate of drug-likeness (QED) is 0.927. The largest absolute Gasteiger partial charge is 0.243 e. The van der Waals surface area contributed by atoms with Crippen molar-refractivity contribution in [2.75, 3.05) is 0 Å². The van der Waals surface area contributed by atoms with Crippen molar-refractivity contribution in [1.82, 2.24) is 4.72 Å². The summed E-state index contributed by atoms with van der Waals surface area (Å²) in [4.78, 5) is -0.264. The van der Waals surface area contributed by atoms with Gasteiger partial charge in [-0.3, -0.25) is 0 Å². The highest BCUT2D eigenvalue weighted by atomic mass is 32.2. The molecule has 1 aromatic carbocycles. The van der Waals surface area contributed by atoms with Crippen molar-refractivity contribution in [2.45, 2.75) is 50.5 Å². The molecule has 19 heavy (non-hydrogen) atoms. The minimum absolute atomic E-state index is 0.0855. The van der Waals surface area contributed by atoms with Crippen LogP contribution in [0.2, 0.25) is 0 Å². The van der Waals surface area contributed by atoms with Crippen LogP contribution in [0.1, 0.15) is 39.5 Å². The topological polar surface area (TPSA) is 46.2 Å². The molecule has 106 valence electrons. The molecule has 3 nitrogen and oxygen atoms in total. The van der Waals surface area contributed by atoms with E-state index in [-0.39, 0.29) is 16.4 Å². The van der Waals surface area contributed by atoms with Crippen molar-refractivity contribution < 1.29 is 12.8 Å². The molecule has 1 saturated carbocycles. The van der Waals surface area contributed by atoms with Crippen LogP contribution >= 0.6 is 0 Å². The molecular formula is C14H20FNO2S. The fourth-order valence-corrected chi connectivity index (χ4v) is 3.85. The van der Waals surface area contributed by atoms with Crippen molar-refractivity contribution >= 4 is 10.0 Å². The second kappa shape index (κ2) is 5.21. The third-order valence-corrected chi connectivity index (χ3v) is 5.34. The lowest BCUT2D eigenvalue weighted by Crippen LogP contribution is -2.39. The number of hydrogen-bond acceptors (Lipinski definition) is 2. The molecule has 0 saturated heterocycles. The first-order valence-corrected chi connectivity index (χ1v) is 8.05. The predicted molar refractivity (Wildman–Crippen MR) is 72.8 cm³/mol. The normalized spacial score (nSPS) is 20.4. The first-order valence-electron chi connectivity index (χ1n) is 6.57. The van der Waals surface area contributed by atoms with Gasteiger partial charge in [0.25, 0.3) is 0 Å². The molecule has 1 aliphatic carbocycles. The molecular weight excluding hydrogens is 265 g/mol. The van der Waals surface area contributed by atoms with Gasteiger partial charge >= 0.3 is 0 Å². The van der Waals surface area contributed by atoms with Crippen LogP contribution in [0, 0.1) is 11.2 Å². The third-order valence-electron chi connectivity index (χ3n) is 3.79. The van der Waals surface area contributed by atoms with Crippen LogP contribution in [0.25, 0.3) is 0 Å². The highest BCUT2D eigenvalue weighted by Gasteiger charge is 2.30. The van der Waals surface area contributed by atoms with E-state index in [9.17, 15) is 12.8 Å². The Morgan fingerprint density at radius 2 is 1.79 bits per heavy atom. The van der Waals surface area contributed by atoms with Crippen molar-refractivity contribution in [3.8, 4) is 0 Å². The van der Waals surface area contributed by atoms with Gasteiger partial charge < -0.3 is 0 Å². The van der Waals surface area contributed by atoms with Gasteiger partial charge in [-0.15, -0.1) is 0 Å². The number of sulfonamides is 1. The molecule has 0 amide bonds. The molecule has 0 atom stereocenters. The molecule has 1 aromatic rings. The van der Waals surface area contributed by atoms with Gasteiger partial charge in [0.2, 0.25) is 10.0 Å². The van der Waals surface area contributed by atoms with Crippen molar-refractivity contribution in [3.63, 3.8) is 0 Å². The summed E-state index contributed by atoms with van der Waals surface area (Å²) in [7, 11) is -3.75. The van der Waals surface area contributed by atoms with Gasteiger partial charge in [-0.2, -0.15) is 0 Å². The van der Waals surface area contributed by atoms with Crippen LogP contribution in [0.5, 0.6) is 0 Å². The van der Waals surface area contributed by atoms with E-state index >= 15 is 0 Å². The first kappa shape index (κ1) is 14.5. The molecule has 0 heterocycles. The maximum absolute atomic E-state index is 13.5. The maximum Gasteiger partial charge on any atom is 0.243 e. The Kier molecular flexibility index (Phi) is 3.97. The number of hydrogen-bond donors (Lipinski definition) is 1. The molecule has 0 spiro atoms. The number of benzene rings is 1. The Bertz CT molecular complexity index is 544. The Morgan fingerprint density at radius 1 is 1.21 bits per heavy atom. The molecule has 2 rings (SSSR count). The summed E-state index contributed by atoms with van der Waals surface area (Å²) in [5, 5.41) is 0. The van der Waals surface area contributed by atoms with E-state index in [2.05, 4.69) is 18.6 Å². The lowest BCUT2D eigenvalue weighted by atomic mass is 9.76. The number of nitrogens with one attached hydrogen (secondary N) is 1. The van der Waals surface area contributed by atoms with E-state index in [0.29, 0.717) is 0 Å². The van der Waals surface area contributed by atoms with E-state index in [1.807, 2.05) is 0 Å². The second-order valence-corrected chi connectivity index (χ2v) is 7.67. The molecule has 0 bridgehead atoms. The molecule has 0 aliphatic heterocycles. The molecule has 1 N–H and O–H groups in total. The number of halogens is 1. The Labute approximate surface area is 114 Å². The highest BCUT2D eigenvalue weighted by molar-refractivity contribution is 7.89. The lowest BCUT2D eigenvalue weighted by Gasteiger charge is -2.34. The predicted octanol–water partition coefficient (Wildman–Crippen LogP) is 3.07. The summed E-state index contributed by atoms with van der Waals surface area (Å²) in [6.07, 6.45) is 3.58. The fraction of sp³-hybridized carbons (Fsp3) is 0.571. The molecule has 1 fully saturated rings. The molecule has 0 unspecified atom stereocenters. The lowest BCUT2D eigenvalue weighted by molar-refractivity contribution is 0.218. The maximum atomic E-state index is 13.5. The molecule has 0 aromatic heterocycles. The van der Waals surface area contributed by atoms with Gasteiger partial charge in [0.1, 0.15) is 10.7 Å². The van der Waals surface area contributed by atoms with Crippen LogP contribution in [-0.4, -0.2) is 14.5 Å². The average molecular weight is 285 g/mol. The zero-order chi connectivity index (χ0) is 14.1. The minimum Gasteiger partial charge on any atom is -0.208 e. The first-order chi connectivity index (χ1) is 8.80. The molecule has 1 aliphatic rings. The van der Waals surface area contributed by atoms with Crippen LogP contribution in [0.15, 0.2) is 29.2 Å². The van der Waals surface area contributed by atoms with Gasteiger partial charge in [-0.25, -0.2) is 17.5 Å². The zero-order valence-electron chi connectivity index (χ0n) is 11.3. The average Bonchev–Trinajstić information content (AvgIpc) is 2.32. The third kappa shape index (κ3) is 3.54. The summed E-state index contributed by atoms with van der Waals surface area (Å²) in [6, 6.07) is 5.39. The zero-order valence-corrected chi connectivity index (χ0v) is 12.1. The van der Waals surface area contributed by atoms with Crippen molar-refractivity contribution in [1.29, 1.82) is 0 Å².